The number of fused-ring (bicyclic) bond motifs is 10. The summed E-state index contributed by atoms with van der Waals surface area (Å²) in [6.07, 6.45) is 6.10. The quantitative estimate of drug-likeness (QED) is 0.0949. The van der Waals surface area contributed by atoms with E-state index in [2.05, 4.69) is 223 Å². The van der Waals surface area contributed by atoms with E-state index < -0.39 is 0 Å². The van der Waals surface area contributed by atoms with Crippen molar-refractivity contribution in [3.8, 4) is 34.0 Å². The minimum Gasteiger partial charge on any atom is -0.309 e. The molecule has 67 heavy (non-hydrogen) atoms. The van der Waals surface area contributed by atoms with Crippen molar-refractivity contribution in [3.05, 3.63) is 224 Å². The topological polar surface area (TPSA) is 35.6 Å². The summed E-state index contributed by atoms with van der Waals surface area (Å²) >= 11 is 0. The Kier molecular flexibility index (Phi) is 8.02. The van der Waals surface area contributed by atoms with Gasteiger partial charge >= 0.3 is 0 Å². The molecule has 0 N–H and O–H groups in total. The third-order valence-electron chi connectivity index (χ3n) is 14.2. The lowest BCUT2D eigenvalue weighted by molar-refractivity contribution is 0.945. The van der Waals surface area contributed by atoms with Crippen LogP contribution in [0.3, 0.4) is 0 Å². The van der Waals surface area contributed by atoms with E-state index >= 15 is 0 Å². The zero-order valence-electron chi connectivity index (χ0n) is 36.7. The molecule has 312 valence electrons. The van der Waals surface area contributed by atoms with Crippen molar-refractivity contribution in [3.63, 3.8) is 0 Å². The highest BCUT2D eigenvalue weighted by Crippen LogP contribution is 2.49. The molecule has 4 nitrogen and oxygen atoms in total. The molecule has 0 aliphatic rings. The molecule has 0 aliphatic heterocycles. The molecule has 0 spiro atoms. The van der Waals surface area contributed by atoms with Crippen LogP contribution in [0.2, 0.25) is 0 Å². The van der Waals surface area contributed by atoms with Gasteiger partial charge in [0.25, 0.3) is 0 Å². The van der Waals surface area contributed by atoms with Gasteiger partial charge in [-0.25, -0.2) is 9.97 Å². The summed E-state index contributed by atoms with van der Waals surface area (Å²) in [5.74, 6) is 0.634. The Hall–Kier alpha value is -8.86. The van der Waals surface area contributed by atoms with Crippen molar-refractivity contribution in [1.29, 1.82) is 0 Å². The van der Waals surface area contributed by atoms with E-state index in [1.807, 2.05) is 12.2 Å². The van der Waals surface area contributed by atoms with Crippen molar-refractivity contribution in [2.45, 2.75) is 6.92 Å². The molecule has 0 amide bonds. The van der Waals surface area contributed by atoms with Crippen molar-refractivity contribution < 1.29 is 0 Å². The summed E-state index contributed by atoms with van der Waals surface area (Å²) in [4.78, 5) is 11.1. The fourth-order valence-electron chi connectivity index (χ4n) is 11.4. The maximum atomic E-state index is 5.65. The highest BCUT2D eigenvalue weighted by molar-refractivity contribution is 6.40. The Morgan fingerprint density at radius 1 is 0.418 bits per heavy atom. The maximum absolute atomic E-state index is 5.65. The second kappa shape index (κ2) is 14.3. The van der Waals surface area contributed by atoms with Crippen molar-refractivity contribution in [2.24, 2.45) is 0 Å². The van der Waals surface area contributed by atoms with E-state index in [-0.39, 0.29) is 0 Å². The zero-order valence-corrected chi connectivity index (χ0v) is 36.7. The van der Waals surface area contributed by atoms with Crippen LogP contribution in [-0.4, -0.2) is 19.1 Å². The minimum absolute atomic E-state index is 0.634. The Labute approximate surface area is 385 Å². The van der Waals surface area contributed by atoms with Gasteiger partial charge in [-0.05, 0) is 108 Å². The molecule has 14 rings (SSSR count). The van der Waals surface area contributed by atoms with Crippen LogP contribution < -0.4 is 0 Å². The van der Waals surface area contributed by atoms with Gasteiger partial charge in [-0.1, -0.05) is 183 Å². The van der Waals surface area contributed by atoms with Crippen LogP contribution >= 0.6 is 0 Å². The van der Waals surface area contributed by atoms with Crippen molar-refractivity contribution in [1.82, 2.24) is 19.1 Å². The van der Waals surface area contributed by atoms with Gasteiger partial charge in [0.2, 0.25) is 5.95 Å². The average molecular weight is 853 g/mol. The normalized spacial score (nSPS) is 12.3. The fourth-order valence-corrected chi connectivity index (χ4v) is 11.4. The molecular formula is C63H40N4. The molecule has 0 unspecified atom stereocenters. The van der Waals surface area contributed by atoms with Crippen LogP contribution in [0.15, 0.2) is 213 Å². The van der Waals surface area contributed by atoms with E-state index in [0.29, 0.717) is 5.95 Å². The largest absolute Gasteiger partial charge is 0.309 e. The van der Waals surface area contributed by atoms with Crippen LogP contribution in [0, 0.1) is 6.92 Å². The summed E-state index contributed by atoms with van der Waals surface area (Å²) in [5, 5.41) is 17.0. The van der Waals surface area contributed by atoms with Gasteiger partial charge < -0.3 is 4.57 Å². The smallest absolute Gasteiger partial charge is 0.235 e. The summed E-state index contributed by atoms with van der Waals surface area (Å²) < 4.78 is 4.74. The molecule has 0 fully saturated rings. The SMILES string of the molecule is C=C/C=C\c1c(C)n(-c2nc(-c3ccc(-c4ccccc4)c4ccccc34)c3ccccc3n2)c2cc3c4cc5c(c6cccc(c7cccc(c12)c73)c46)c1ccccc1n5-c1ccccc1. The lowest BCUT2D eigenvalue weighted by Gasteiger charge is -2.18. The van der Waals surface area contributed by atoms with Crippen molar-refractivity contribution >= 4 is 104 Å². The molecule has 3 aromatic heterocycles. The molecule has 0 bridgehead atoms. The van der Waals surface area contributed by atoms with Gasteiger partial charge in [-0.15, -0.1) is 0 Å². The van der Waals surface area contributed by atoms with Crippen LogP contribution in [-0.2, 0) is 0 Å². The van der Waals surface area contributed by atoms with E-state index in [9.17, 15) is 0 Å². The number of para-hydroxylation sites is 3. The van der Waals surface area contributed by atoms with Gasteiger partial charge in [0.1, 0.15) is 0 Å². The number of allylic oxidation sites excluding steroid dienone is 2. The molecule has 0 saturated heterocycles. The van der Waals surface area contributed by atoms with Gasteiger partial charge in [0, 0.05) is 44.1 Å². The number of nitrogens with zero attached hydrogens (tertiary/aromatic N) is 4. The van der Waals surface area contributed by atoms with Gasteiger partial charge in [-0.3, -0.25) is 4.57 Å². The van der Waals surface area contributed by atoms with Gasteiger partial charge in [0.05, 0.1) is 27.8 Å². The Bertz CT molecular complexity index is 4400. The molecule has 11 aromatic carbocycles. The maximum Gasteiger partial charge on any atom is 0.235 e. The zero-order chi connectivity index (χ0) is 44.3. The van der Waals surface area contributed by atoms with Gasteiger partial charge in [-0.2, -0.15) is 0 Å². The molecule has 14 aromatic rings. The third kappa shape index (κ3) is 5.29. The molecule has 3 heterocycles. The molecular weight excluding hydrogens is 813 g/mol. The lowest BCUT2D eigenvalue weighted by atomic mass is 9.87. The van der Waals surface area contributed by atoms with E-state index in [4.69, 9.17) is 9.97 Å². The summed E-state index contributed by atoms with van der Waals surface area (Å²) in [5.41, 5.74) is 12.0. The van der Waals surface area contributed by atoms with Crippen LogP contribution in [0.4, 0.5) is 0 Å². The molecule has 0 atom stereocenters. The lowest BCUT2D eigenvalue weighted by Crippen LogP contribution is -2.05. The summed E-state index contributed by atoms with van der Waals surface area (Å²) in [6, 6.07) is 70.5. The highest BCUT2D eigenvalue weighted by atomic mass is 15.2. The highest BCUT2D eigenvalue weighted by Gasteiger charge is 2.25. The van der Waals surface area contributed by atoms with Crippen molar-refractivity contribution in [2.75, 3.05) is 0 Å². The molecule has 4 heteroatoms. The summed E-state index contributed by atoms with van der Waals surface area (Å²) in [6.45, 7) is 6.29. The Morgan fingerprint density at radius 3 is 1.69 bits per heavy atom. The first-order valence-electron chi connectivity index (χ1n) is 23.0. The molecule has 0 radical (unpaired) electrons. The Balaban J connectivity index is 1.12. The van der Waals surface area contributed by atoms with Crippen LogP contribution in [0.1, 0.15) is 11.3 Å². The van der Waals surface area contributed by atoms with Crippen LogP contribution in [0.25, 0.3) is 138 Å². The number of hydrogen-bond acceptors (Lipinski definition) is 2. The monoisotopic (exact) mass is 852 g/mol. The van der Waals surface area contributed by atoms with Crippen LogP contribution in [0.5, 0.6) is 0 Å². The van der Waals surface area contributed by atoms with E-state index in [1.165, 1.54) is 86.8 Å². The molecule has 0 aliphatic carbocycles. The second-order valence-electron chi connectivity index (χ2n) is 17.7. The number of rotatable bonds is 6. The predicted molar refractivity (Wildman–Crippen MR) is 284 cm³/mol. The van der Waals surface area contributed by atoms with E-state index in [1.54, 1.807) is 0 Å². The molecule has 0 saturated carbocycles. The predicted octanol–water partition coefficient (Wildman–Crippen LogP) is 16.7. The standard InChI is InChI=1S/C63H40N4/c1-3-4-23-41-38(2)66(63-64-54-32-15-13-26-48(54)62(65-63)47-35-34-42(39-19-7-5-8-20-39)43-24-11-12-25-44(43)47)56-36-52-53-37-57-61(49-27-14-16-33-55(49)67(57)40-21-9-6-10-22-40)51-31-18-29-46(59(51)53)45-28-17-30-50(58(45)52)60(41)56/h3-37H,1H2,2H3/b23-4-. The fraction of sp³-hybridized carbons (Fsp3) is 0.0159. The minimum atomic E-state index is 0.634. The van der Waals surface area contributed by atoms with Gasteiger partial charge in [0.15, 0.2) is 0 Å². The number of benzene rings is 11. The van der Waals surface area contributed by atoms with E-state index in [0.717, 1.165) is 50.0 Å². The number of hydrogen-bond donors (Lipinski definition) is 0. The number of aromatic nitrogens is 4. The average Bonchev–Trinajstić information content (AvgIpc) is 3.87. The summed E-state index contributed by atoms with van der Waals surface area (Å²) in [7, 11) is 0. The first kappa shape index (κ1) is 37.5. The first-order valence-corrected chi connectivity index (χ1v) is 23.0. The first-order chi connectivity index (χ1) is 33.2. The second-order valence-corrected chi connectivity index (χ2v) is 17.7. The third-order valence-corrected chi connectivity index (χ3v) is 14.2. The Morgan fingerprint density at radius 2 is 0.970 bits per heavy atom.